The zero-order chi connectivity index (χ0) is 13.7. The molecule has 2 aromatic carbocycles. The van der Waals surface area contributed by atoms with Crippen LogP contribution in [0.4, 0.5) is 5.69 Å². The maximum absolute atomic E-state index is 5.18. The fraction of sp³-hybridized carbons (Fsp3) is 0.294. The third kappa shape index (κ3) is 3.28. The van der Waals surface area contributed by atoms with Gasteiger partial charge in [0.25, 0.3) is 0 Å². The minimum absolute atomic E-state index is 0.276. The number of benzene rings is 2. The maximum Gasteiger partial charge on any atom is 0.118 e. The van der Waals surface area contributed by atoms with Crippen LogP contribution in [0.5, 0.6) is 5.75 Å². The van der Waals surface area contributed by atoms with E-state index >= 15 is 0 Å². The highest BCUT2D eigenvalue weighted by atomic mass is 16.5. The smallest absolute Gasteiger partial charge is 0.118 e. The van der Waals surface area contributed by atoms with Gasteiger partial charge in [-0.2, -0.15) is 0 Å². The number of hydrogen-bond donors (Lipinski definition) is 1. The minimum Gasteiger partial charge on any atom is -0.497 e. The zero-order valence-electron chi connectivity index (χ0n) is 11.8. The summed E-state index contributed by atoms with van der Waals surface area (Å²) in [5, 5.41) is 3.57. The molecule has 2 rings (SSSR count). The molecular formula is C17H21NO. The van der Waals surface area contributed by atoms with Gasteiger partial charge in [-0.25, -0.2) is 0 Å². The van der Waals surface area contributed by atoms with Crippen molar-refractivity contribution >= 4 is 5.69 Å². The molecule has 0 heterocycles. The molecule has 0 bridgehead atoms. The Morgan fingerprint density at radius 3 is 2.37 bits per heavy atom. The first-order valence-electron chi connectivity index (χ1n) is 6.73. The van der Waals surface area contributed by atoms with Gasteiger partial charge in [0.1, 0.15) is 5.75 Å². The Morgan fingerprint density at radius 1 is 1.05 bits per heavy atom. The molecule has 100 valence electrons. The van der Waals surface area contributed by atoms with Gasteiger partial charge in [0.2, 0.25) is 0 Å². The molecule has 1 N–H and O–H groups in total. The molecule has 0 saturated heterocycles. The molecule has 0 amide bonds. The van der Waals surface area contributed by atoms with Gasteiger partial charge in [-0.15, -0.1) is 0 Å². The van der Waals surface area contributed by atoms with E-state index in [0.717, 1.165) is 12.2 Å². The fourth-order valence-electron chi connectivity index (χ4n) is 2.18. The molecule has 2 aromatic rings. The molecular weight excluding hydrogens is 234 g/mol. The van der Waals surface area contributed by atoms with Gasteiger partial charge in [-0.05, 0) is 42.7 Å². The van der Waals surface area contributed by atoms with Gasteiger partial charge in [0.05, 0.1) is 7.11 Å². The minimum atomic E-state index is 0.276. The quantitative estimate of drug-likeness (QED) is 0.853. The number of nitrogens with one attached hydrogen (secondary N) is 1. The van der Waals surface area contributed by atoms with Gasteiger partial charge in [-0.3, -0.25) is 0 Å². The van der Waals surface area contributed by atoms with E-state index in [1.165, 1.54) is 16.8 Å². The zero-order valence-corrected chi connectivity index (χ0v) is 11.8. The lowest BCUT2D eigenvalue weighted by molar-refractivity contribution is 0.414. The van der Waals surface area contributed by atoms with Crippen LogP contribution >= 0.6 is 0 Å². The summed E-state index contributed by atoms with van der Waals surface area (Å²) in [6.45, 7) is 4.35. The number of para-hydroxylation sites is 1. The number of ether oxygens (including phenoxy) is 1. The standard InChI is InChI=1S/C17H21NO/c1-4-14-7-5-6-8-17(14)18-13(2)15-9-11-16(19-3)12-10-15/h5-13,18H,4H2,1-3H3. The van der Waals surface area contributed by atoms with Gasteiger partial charge in [0.15, 0.2) is 0 Å². The van der Waals surface area contributed by atoms with Gasteiger partial charge < -0.3 is 10.1 Å². The first kappa shape index (κ1) is 13.5. The molecule has 0 saturated carbocycles. The monoisotopic (exact) mass is 255 g/mol. The summed E-state index contributed by atoms with van der Waals surface area (Å²) in [6, 6.07) is 16.9. The molecule has 1 unspecified atom stereocenters. The van der Waals surface area contributed by atoms with Gasteiger partial charge in [0, 0.05) is 11.7 Å². The molecule has 0 aliphatic heterocycles. The summed E-state index contributed by atoms with van der Waals surface area (Å²) >= 11 is 0. The van der Waals surface area contributed by atoms with E-state index in [4.69, 9.17) is 4.74 Å². The lowest BCUT2D eigenvalue weighted by atomic mass is 10.1. The third-order valence-electron chi connectivity index (χ3n) is 3.39. The average Bonchev–Trinajstić information content (AvgIpc) is 2.48. The molecule has 0 radical (unpaired) electrons. The van der Waals surface area contributed by atoms with Gasteiger partial charge in [-0.1, -0.05) is 37.3 Å². The topological polar surface area (TPSA) is 21.3 Å². The fourth-order valence-corrected chi connectivity index (χ4v) is 2.18. The van der Waals surface area contributed by atoms with E-state index in [-0.39, 0.29) is 6.04 Å². The van der Waals surface area contributed by atoms with Crippen molar-refractivity contribution in [1.29, 1.82) is 0 Å². The Bertz CT molecular complexity index is 519. The Kier molecular flexibility index (Phi) is 4.45. The highest BCUT2D eigenvalue weighted by Gasteiger charge is 2.07. The van der Waals surface area contributed by atoms with E-state index < -0.39 is 0 Å². The van der Waals surface area contributed by atoms with E-state index in [0.29, 0.717) is 0 Å². The number of rotatable bonds is 5. The Balaban J connectivity index is 2.13. The summed E-state index contributed by atoms with van der Waals surface area (Å²) in [5.41, 5.74) is 3.82. The Hall–Kier alpha value is -1.96. The second-order valence-electron chi connectivity index (χ2n) is 4.65. The van der Waals surface area contributed by atoms with Crippen LogP contribution in [0.3, 0.4) is 0 Å². The van der Waals surface area contributed by atoms with Crippen molar-refractivity contribution < 1.29 is 4.74 Å². The molecule has 0 aromatic heterocycles. The normalized spacial score (nSPS) is 11.9. The second kappa shape index (κ2) is 6.28. The number of anilines is 1. The number of hydrogen-bond acceptors (Lipinski definition) is 2. The van der Waals surface area contributed by atoms with Crippen LogP contribution in [0.25, 0.3) is 0 Å². The molecule has 2 nitrogen and oxygen atoms in total. The molecule has 2 heteroatoms. The van der Waals surface area contributed by atoms with Crippen molar-refractivity contribution in [2.45, 2.75) is 26.3 Å². The summed E-state index contributed by atoms with van der Waals surface area (Å²) in [7, 11) is 1.69. The van der Waals surface area contributed by atoms with Crippen LogP contribution in [0.2, 0.25) is 0 Å². The average molecular weight is 255 g/mol. The third-order valence-corrected chi connectivity index (χ3v) is 3.39. The summed E-state index contributed by atoms with van der Waals surface area (Å²) in [5.74, 6) is 0.893. The van der Waals surface area contributed by atoms with Crippen LogP contribution in [-0.2, 0) is 6.42 Å². The molecule has 0 aliphatic carbocycles. The van der Waals surface area contributed by atoms with Crippen LogP contribution in [0, 0.1) is 0 Å². The first-order chi connectivity index (χ1) is 9.24. The SMILES string of the molecule is CCc1ccccc1NC(C)c1ccc(OC)cc1. The van der Waals surface area contributed by atoms with E-state index in [1.807, 2.05) is 12.1 Å². The Morgan fingerprint density at radius 2 is 1.74 bits per heavy atom. The van der Waals surface area contributed by atoms with Crippen molar-refractivity contribution in [3.05, 3.63) is 59.7 Å². The largest absolute Gasteiger partial charge is 0.497 e. The first-order valence-corrected chi connectivity index (χ1v) is 6.73. The van der Waals surface area contributed by atoms with Crippen molar-refractivity contribution in [2.24, 2.45) is 0 Å². The highest BCUT2D eigenvalue weighted by molar-refractivity contribution is 5.52. The molecule has 1 atom stereocenters. The van der Waals surface area contributed by atoms with Crippen LogP contribution in [0.15, 0.2) is 48.5 Å². The van der Waals surface area contributed by atoms with Crippen LogP contribution in [-0.4, -0.2) is 7.11 Å². The highest BCUT2D eigenvalue weighted by Crippen LogP contribution is 2.24. The Labute approximate surface area is 115 Å². The predicted octanol–water partition coefficient (Wildman–Crippen LogP) is 4.43. The molecule has 19 heavy (non-hydrogen) atoms. The van der Waals surface area contributed by atoms with Crippen molar-refractivity contribution in [1.82, 2.24) is 0 Å². The summed E-state index contributed by atoms with van der Waals surface area (Å²) < 4.78 is 5.18. The summed E-state index contributed by atoms with van der Waals surface area (Å²) in [6.07, 6.45) is 1.04. The lowest BCUT2D eigenvalue weighted by Gasteiger charge is -2.18. The molecule has 0 aliphatic rings. The lowest BCUT2D eigenvalue weighted by Crippen LogP contribution is -2.08. The predicted molar refractivity (Wildman–Crippen MR) is 80.9 cm³/mol. The number of methoxy groups -OCH3 is 1. The van der Waals surface area contributed by atoms with Crippen molar-refractivity contribution in [2.75, 3.05) is 12.4 Å². The van der Waals surface area contributed by atoms with Crippen LogP contribution in [0.1, 0.15) is 31.0 Å². The second-order valence-corrected chi connectivity index (χ2v) is 4.65. The van der Waals surface area contributed by atoms with E-state index in [1.54, 1.807) is 7.11 Å². The van der Waals surface area contributed by atoms with E-state index in [9.17, 15) is 0 Å². The van der Waals surface area contributed by atoms with Gasteiger partial charge >= 0.3 is 0 Å². The molecule has 0 spiro atoms. The van der Waals surface area contributed by atoms with Crippen LogP contribution < -0.4 is 10.1 Å². The maximum atomic E-state index is 5.18. The molecule has 0 fully saturated rings. The van der Waals surface area contributed by atoms with Crippen molar-refractivity contribution in [3.63, 3.8) is 0 Å². The number of aryl methyl sites for hydroxylation is 1. The van der Waals surface area contributed by atoms with Crippen molar-refractivity contribution in [3.8, 4) is 5.75 Å². The summed E-state index contributed by atoms with van der Waals surface area (Å²) in [4.78, 5) is 0. The van der Waals surface area contributed by atoms with E-state index in [2.05, 4.69) is 55.6 Å².